The first kappa shape index (κ1) is 10.2. The fourth-order valence-corrected chi connectivity index (χ4v) is 1.35. The van der Waals surface area contributed by atoms with Gasteiger partial charge in [0.15, 0.2) is 0 Å². The summed E-state index contributed by atoms with van der Waals surface area (Å²) in [5, 5.41) is 13.0. The second kappa shape index (κ2) is 4.06. The number of rotatable bonds is 2. The molecule has 0 aliphatic carbocycles. The van der Waals surface area contributed by atoms with E-state index in [1.54, 1.807) is 24.3 Å². The summed E-state index contributed by atoms with van der Waals surface area (Å²) < 4.78 is 1.28. The highest BCUT2D eigenvalue weighted by Gasteiger charge is 2.00. The minimum atomic E-state index is -0.206. The molecule has 1 aromatic heterocycles. The smallest absolute Gasteiger partial charge is 0.267 e. The molecule has 0 amide bonds. The zero-order valence-electron chi connectivity index (χ0n) is 8.50. The summed E-state index contributed by atoms with van der Waals surface area (Å²) >= 11 is 0. The van der Waals surface area contributed by atoms with Crippen LogP contribution < -0.4 is 11.3 Å². The second-order valence-electron chi connectivity index (χ2n) is 3.42. The van der Waals surface area contributed by atoms with E-state index in [0.29, 0.717) is 12.4 Å². The quantitative estimate of drug-likeness (QED) is 0.771. The molecule has 1 aromatic carbocycles. The van der Waals surface area contributed by atoms with E-state index in [4.69, 9.17) is 10.8 Å². The minimum Gasteiger partial charge on any atom is -0.508 e. The van der Waals surface area contributed by atoms with Crippen molar-refractivity contribution in [2.45, 2.75) is 6.54 Å². The third kappa shape index (κ3) is 2.20. The predicted molar refractivity (Wildman–Crippen MR) is 60.1 cm³/mol. The van der Waals surface area contributed by atoms with E-state index in [1.165, 1.54) is 16.8 Å². The topological polar surface area (TPSA) is 81.1 Å². The van der Waals surface area contributed by atoms with Crippen LogP contribution in [0.5, 0.6) is 5.75 Å². The van der Waals surface area contributed by atoms with Gasteiger partial charge < -0.3 is 10.8 Å². The molecule has 0 atom stereocenters. The molecule has 0 unspecified atom stereocenters. The van der Waals surface area contributed by atoms with Crippen molar-refractivity contribution >= 4 is 5.82 Å². The maximum absolute atomic E-state index is 11.4. The Hall–Kier alpha value is -2.30. The van der Waals surface area contributed by atoms with Crippen LogP contribution in [-0.4, -0.2) is 14.9 Å². The monoisotopic (exact) mass is 217 g/mol. The average molecular weight is 217 g/mol. The van der Waals surface area contributed by atoms with Crippen molar-refractivity contribution in [2.24, 2.45) is 0 Å². The Balaban J connectivity index is 2.30. The second-order valence-corrected chi connectivity index (χ2v) is 3.42. The number of benzene rings is 1. The van der Waals surface area contributed by atoms with Gasteiger partial charge in [0.2, 0.25) is 0 Å². The van der Waals surface area contributed by atoms with Crippen molar-refractivity contribution in [3.63, 3.8) is 0 Å². The summed E-state index contributed by atoms with van der Waals surface area (Å²) in [6.07, 6.45) is 0. The van der Waals surface area contributed by atoms with Gasteiger partial charge >= 0.3 is 0 Å². The molecule has 2 rings (SSSR count). The van der Waals surface area contributed by atoms with Crippen molar-refractivity contribution in [2.75, 3.05) is 5.73 Å². The largest absolute Gasteiger partial charge is 0.508 e. The Morgan fingerprint density at radius 1 is 1.19 bits per heavy atom. The van der Waals surface area contributed by atoms with Crippen LogP contribution >= 0.6 is 0 Å². The Morgan fingerprint density at radius 3 is 2.56 bits per heavy atom. The fourth-order valence-electron chi connectivity index (χ4n) is 1.35. The summed E-state index contributed by atoms with van der Waals surface area (Å²) in [5.74, 6) is 0.495. The number of hydrogen-bond donors (Lipinski definition) is 2. The molecular formula is C11H11N3O2. The molecule has 3 N–H and O–H groups in total. The highest BCUT2D eigenvalue weighted by molar-refractivity contribution is 5.27. The third-order valence-corrected chi connectivity index (χ3v) is 2.16. The molecule has 0 spiro atoms. The predicted octanol–water partition coefficient (Wildman–Crippen LogP) is 0.579. The molecule has 5 heteroatoms. The molecule has 16 heavy (non-hydrogen) atoms. The van der Waals surface area contributed by atoms with Gasteiger partial charge in [-0.15, -0.1) is 0 Å². The van der Waals surface area contributed by atoms with Crippen LogP contribution in [0.25, 0.3) is 0 Å². The van der Waals surface area contributed by atoms with Gasteiger partial charge in [0.1, 0.15) is 11.6 Å². The number of nitrogens with zero attached hydrogens (tertiary/aromatic N) is 2. The van der Waals surface area contributed by atoms with Crippen molar-refractivity contribution < 1.29 is 5.11 Å². The summed E-state index contributed by atoms with van der Waals surface area (Å²) in [6, 6.07) is 9.43. The number of phenols is 1. The lowest BCUT2D eigenvalue weighted by Crippen LogP contribution is -2.23. The number of nitrogen functional groups attached to an aromatic ring is 1. The molecule has 0 aliphatic heterocycles. The summed E-state index contributed by atoms with van der Waals surface area (Å²) in [4.78, 5) is 11.4. The zero-order chi connectivity index (χ0) is 11.5. The van der Waals surface area contributed by atoms with Gasteiger partial charge in [-0.05, 0) is 23.8 Å². The van der Waals surface area contributed by atoms with E-state index in [9.17, 15) is 4.79 Å². The number of hydrogen-bond acceptors (Lipinski definition) is 4. The standard InChI is InChI=1S/C11H11N3O2/c12-10-5-6-11(16)14(13-10)7-8-1-3-9(15)4-2-8/h1-6,15H,7H2,(H2,12,13). The lowest BCUT2D eigenvalue weighted by Gasteiger charge is -2.04. The molecular weight excluding hydrogens is 206 g/mol. The van der Waals surface area contributed by atoms with Crippen molar-refractivity contribution in [1.82, 2.24) is 9.78 Å². The third-order valence-electron chi connectivity index (χ3n) is 2.16. The number of aromatic hydroxyl groups is 1. The van der Waals surface area contributed by atoms with Crippen molar-refractivity contribution in [3.05, 3.63) is 52.3 Å². The van der Waals surface area contributed by atoms with Gasteiger partial charge in [-0.2, -0.15) is 5.10 Å². The summed E-state index contributed by atoms with van der Waals surface area (Å²) in [7, 11) is 0. The Morgan fingerprint density at radius 2 is 1.88 bits per heavy atom. The molecule has 0 radical (unpaired) electrons. The van der Waals surface area contributed by atoms with Crippen LogP contribution in [0.1, 0.15) is 5.56 Å². The van der Waals surface area contributed by atoms with Crippen LogP contribution in [0.15, 0.2) is 41.2 Å². The first-order chi connectivity index (χ1) is 7.65. The van der Waals surface area contributed by atoms with Crippen LogP contribution in [0, 0.1) is 0 Å². The van der Waals surface area contributed by atoms with Crippen LogP contribution in [0.4, 0.5) is 5.82 Å². The molecule has 0 fully saturated rings. The van der Waals surface area contributed by atoms with Gasteiger partial charge in [0, 0.05) is 6.07 Å². The van der Waals surface area contributed by atoms with Crippen LogP contribution in [0.3, 0.4) is 0 Å². The molecule has 0 aliphatic rings. The van der Waals surface area contributed by atoms with E-state index in [0.717, 1.165) is 5.56 Å². The number of aromatic nitrogens is 2. The first-order valence-corrected chi connectivity index (χ1v) is 4.77. The molecule has 0 saturated heterocycles. The minimum absolute atomic E-state index is 0.191. The molecule has 0 saturated carbocycles. The van der Waals surface area contributed by atoms with Gasteiger partial charge in [-0.3, -0.25) is 4.79 Å². The SMILES string of the molecule is Nc1ccc(=O)n(Cc2ccc(O)cc2)n1. The van der Waals surface area contributed by atoms with Crippen LogP contribution in [-0.2, 0) is 6.54 Å². The Labute approximate surface area is 91.8 Å². The maximum atomic E-state index is 11.4. The summed E-state index contributed by atoms with van der Waals surface area (Å²) in [6.45, 7) is 0.337. The Kier molecular flexibility index (Phi) is 2.59. The number of anilines is 1. The molecule has 2 aromatic rings. The van der Waals surface area contributed by atoms with Crippen LogP contribution in [0.2, 0.25) is 0 Å². The molecule has 0 bridgehead atoms. The number of phenolic OH excluding ortho intramolecular Hbond substituents is 1. The number of nitrogens with two attached hydrogens (primary N) is 1. The van der Waals surface area contributed by atoms with E-state index >= 15 is 0 Å². The lowest BCUT2D eigenvalue weighted by molar-refractivity contribution is 0.475. The van der Waals surface area contributed by atoms with Gasteiger partial charge in [-0.25, -0.2) is 4.68 Å². The maximum Gasteiger partial charge on any atom is 0.267 e. The molecule has 5 nitrogen and oxygen atoms in total. The van der Waals surface area contributed by atoms with E-state index in [-0.39, 0.29) is 11.3 Å². The molecule has 1 heterocycles. The average Bonchev–Trinajstić information content (AvgIpc) is 2.27. The fraction of sp³-hybridized carbons (Fsp3) is 0.0909. The van der Waals surface area contributed by atoms with Gasteiger partial charge in [-0.1, -0.05) is 12.1 Å². The van der Waals surface area contributed by atoms with Gasteiger partial charge in [0.05, 0.1) is 6.54 Å². The van der Waals surface area contributed by atoms with Crippen molar-refractivity contribution in [1.29, 1.82) is 0 Å². The van der Waals surface area contributed by atoms with E-state index in [2.05, 4.69) is 5.10 Å². The van der Waals surface area contributed by atoms with Crippen molar-refractivity contribution in [3.8, 4) is 5.75 Å². The first-order valence-electron chi connectivity index (χ1n) is 4.77. The van der Waals surface area contributed by atoms with E-state index in [1.807, 2.05) is 0 Å². The summed E-state index contributed by atoms with van der Waals surface area (Å²) in [5.41, 5.74) is 6.16. The molecule has 82 valence electrons. The zero-order valence-corrected chi connectivity index (χ0v) is 8.50. The highest BCUT2D eigenvalue weighted by atomic mass is 16.3. The van der Waals surface area contributed by atoms with Gasteiger partial charge in [0.25, 0.3) is 5.56 Å². The van der Waals surface area contributed by atoms with E-state index < -0.39 is 0 Å². The Bertz CT molecular complexity index is 546. The lowest BCUT2D eigenvalue weighted by atomic mass is 10.2. The highest BCUT2D eigenvalue weighted by Crippen LogP contribution is 2.09. The normalized spacial score (nSPS) is 10.2.